The van der Waals surface area contributed by atoms with E-state index in [-0.39, 0.29) is 17.5 Å². The van der Waals surface area contributed by atoms with Gasteiger partial charge in [0.25, 0.3) is 5.91 Å². The third-order valence-corrected chi connectivity index (χ3v) is 7.80. The van der Waals surface area contributed by atoms with E-state index in [9.17, 15) is 10.1 Å². The molecular formula is C27H35N5O. The van der Waals surface area contributed by atoms with Gasteiger partial charge in [0.05, 0.1) is 18.2 Å². The van der Waals surface area contributed by atoms with Crippen LogP contribution in [-0.2, 0) is 4.79 Å². The smallest absolute Gasteiger partial charge is 0.274 e. The van der Waals surface area contributed by atoms with E-state index < -0.39 is 0 Å². The lowest BCUT2D eigenvalue weighted by atomic mass is 9.85. The van der Waals surface area contributed by atoms with E-state index in [1.165, 1.54) is 11.1 Å². The zero-order valence-electron chi connectivity index (χ0n) is 19.8. The fourth-order valence-corrected chi connectivity index (χ4v) is 5.78. The van der Waals surface area contributed by atoms with Gasteiger partial charge < -0.3 is 20.4 Å². The fourth-order valence-electron chi connectivity index (χ4n) is 5.78. The first-order valence-corrected chi connectivity index (χ1v) is 12.4. The molecule has 2 aliphatic heterocycles. The highest BCUT2D eigenvalue weighted by Gasteiger charge is 2.42. The van der Waals surface area contributed by atoms with Crippen LogP contribution < -0.4 is 10.6 Å². The second-order valence-corrected chi connectivity index (χ2v) is 10.5. The fraction of sp³-hybridized carbons (Fsp3) is 0.556. The Kier molecular flexibility index (Phi) is 5.82. The maximum atomic E-state index is 12.9. The molecule has 6 nitrogen and oxygen atoms in total. The van der Waals surface area contributed by atoms with Crippen molar-refractivity contribution in [3.8, 4) is 6.07 Å². The van der Waals surface area contributed by atoms with Crippen LogP contribution in [0.25, 0.3) is 0 Å². The molecule has 3 aliphatic carbocycles. The van der Waals surface area contributed by atoms with Gasteiger partial charge in [-0.05, 0) is 42.7 Å². The number of nitrogens with one attached hydrogen (secondary N) is 2. The van der Waals surface area contributed by atoms with Crippen molar-refractivity contribution in [3.63, 3.8) is 0 Å². The largest absolute Gasteiger partial charge is 0.358 e. The van der Waals surface area contributed by atoms with E-state index in [0.717, 1.165) is 50.8 Å². The lowest BCUT2D eigenvalue weighted by Gasteiger charge is -2.38. The molecule has 174 valence electrons. The number of rotatable bonds is 5. The van der Waals surface area contributed by atoms with Crippen molar-refractivity contribution in [1.29, 1.82) is 5.26 Å². The highest BCUT2D eigenvalue weighted by molar-refractivity contribution is 5.94. The topological polar surface area (TPSA) is 71.4 Å². The summed E-state index contributed by atoms with van der Waals surface area (Å²) < 4.78 is 0. The molecule has 3 atom stereocenters. The number of carbonyl (C=O) groups is 1. The molecule has 0 saturated heterocycles. The van der Waals surface area contributed by atoms with E-state index in [1.54, 1.807) is 4.90 Å². The summed E-state index contributed by atoms with van der Waals surface area (Å²) in [5, 5.41) is 16.9. The monoisotopic (exact) mass is 445 g/mol. The Balaban J connectivity index is 1.23. The number of hydrogen-bond donors (Lipinski definition) is 2. The number of nitriles is 1. The van der Waals surface area contributed by atoms with Crippen LogP contribution >= 0.6 is 0 Å². The molecule has 1 amide bonds. The summed E-state index contributed by atoms with van der Waals surface area (Å²) in [5.41, 5.74) is 3.06. The summed E-state index contributed by atoms with van der Waals surface area (Å²) >= 11 is 0. The molecule has 0 aromatic heterocycles. The maximum Gasteiger partial charge on any atom is 0.274 e. The van der Waals surface area contributed by atoms with Crippen LogP contribution in [0.2, 0.25) is 0 Å². The zero-order valence-corrected chi connectivity index (χ0v) is 19.8. The van der Waals surface area contributed by atoms with Crippen molar-refractivity contribution in [3.05, 3.63) is 59.1 Å². The SMILES string of the molecule is CC1C=CC([C@@H]2C=CC(CC3NC4=C(N3)N(CC3(C#N)CCCC3)CN(C)C4=O)=CC2)=CC1. The standard InChI is InChI=1S/C27H35N5O/c1-19-5-9-21(10-6-19)22-11-7-20(8-12-22)15-23-29-24-25(30-23)32(18-31(2)26(24)33)17-27(16-28)13-3-4-14-27/h5,7-11,19,22-23,29-30H,3-4,6,12-15,17-18H2,1-2H3/t19?,22-,23?/m1/s1. The summed E-state index contributed by atoms with van der Waals surface area (Å²) in [6.45, 7) is 3.45. The number of likely N-dealkylation sites (N-methyl/N-ethyl adjacent to an activating group) is 1. The Morgan fingerprint density at radius 1 is 1.15 bits per heavy atom. The van der Waals surface area contributed by atoms with Crippen molar-refractivity contribution in [1.82, 2.24) is 20.4 Å². The Labute approximate surface area is 197 Å². The van der Waals surface area contributed by atoms with Gasteiger partial charge in [-0.25, -0.2) is 0 Å². The molecule has 1 fully saturated rings. The molecule has 0 aromatic carbocycles. The Morgan fingerprint density at radius 3 is 2.64 bits per heavy atom. The molecule has 2 heterocycles. The van der Waals surface area contributed by atoms with Crippen molar-refractivity contribution in [2.45, 2.75) is 58.0 Å². The van der Waals surface area contributed by atoms with Gasteiger partial charge in [0.15, 0.2) is 0 Å². The molecule has 2 N–H and O–H groups in total. The second-order valence-electron chi connectivity index (χ2n) is 10.5. The maximum absolute atomic E-state index is 12.9. The second kappa shape index (κ2) is 8.78. The summed E-state index contributed by atoms with van der Waals surface area (Å²) in [5.74, 6) is 2.00. The predicted molar refractivity (Wildman–Crippen MR) is 129 cm³/mol. The van der Waals surface area contributed by atoms with E-state index in [0.29, 0.717) is 30.7 Å². The molecule has 1 saturated carbocycles. The molecule has 0 bridgehead atoms. The lowest BCUT2D eigenvalue weighted by Crippen LogP contribution is -2.50. The van der Waals surface area contributed by atoms with Gasteiger partial charge in [-0.1, -0.05) is 56.2 Å². The van der Waals surface area contributed by atoms with Gasteiger partial charge in [0.2, 0.25) is 0 Å². The van der Waals surface area contributed by atoms with Crippen LogP contribution in [0.1, 0.15) is 51.9 Å². The molecule has 0 radical (unpaired) electrons. The van der Waals surface area contributed by atoms with Gasteiger partial charge in [-0.2, -0.15) is 5.26 Å². The van der Waals surface area contributed by atoms with Crippen molar-refractivity contribution in [2.24, 2.45) is 17.3 Å². The van der Waals surface area contributed by atoms with Gasteiger partial charge >= 0.3 is 0 Å². The summed E-state index contributed by atoms with van der Waals surface area (Å²) in [6.07, 6.45) is 21.0. The summed E-state index contributed by atoms with van der Waals surface area (Å²) in [7, 11) is 1.84. The molecule has 5 rings (SSSR count). The molecule has 5 aliphatic rings. The van der Waals surface area contributed by atoms with E-state index in [2.05, 4.69) is 65.0 Å². The molecule has 33 heavy (non-hydrogen) atoms. The normalized spacial score (nSPS) is 30.5. The van der Waals surface area contributed by atoms with Crippen LogP contribution in [0.4, 0.5) is 0 Å². The Hall–Kier alpha value is -2.94. The first kappa shape index (κ1) is 21.9. The van der Waals surface area contributed by atoms with Crippen molar-refractivity contribution >= 4 is 5.91 Å². The molecule has 0 aromatic rings. The first-order chi connectivity index (χ1) is 16.0. The van der Waals surface area contributed by atoms with Crippen molar-refractivity contribution in [2.75, 3.05) is 20.3 Å². The quantitative estimate of drug-likeness (QED) is 0.672. The Morgan fingerprint density at radius 2 is 1.97 bits per heavy atom. The van der Waals surface area contributed by atoms with E-state index >= 15 is 0 Å². The number of amides is 1. The third-order valence-electron chi connectivity index (χ3n) is 7.80. The molecule has 0 spiro atoms. The van der Waals surface area contributed by atoms with E-state index in [1.807, 2.05) is 7.05 Å². The number of hydrogen-bond acceptors (Lipinski definition) is 5. The number of allylic oxidation sites excluding steroid dienone is 7. The van der Waals surface area contributed by atoms with Crippen LogP contribution in [0, 0.1) is 28.6 Å². The van der Waals surface area contributed by atoms with Crippen LogP contribution in [0.15, 0.2) is 59.1 Å². The Bertz CT molecular complexity index is 1000. The zero-order chi connectivity index (χ0) is 23.0. The first-order valence-electron chi connectivity index (χ1n) is 12.4. The molecular weight excluding hydrogens is 410 g/mol. The van der Waals surface area contributed by atoms with Gasteiger partial charge in [-0.3, -0.25) is 4.79 Å². The molecule has 6 heteroatoms. The van der Waals surface area contributed by atoms with Crippen LogP contribution in [0.3, 0.4) is 0 Å². The van der Waals surface area contributed by atoms with Gasteiger partial charge in [0, 0.05) is 25.9 Å². The third kappa shape index (κ3) is 4.34. The predicted octanol–water partition coefficient (Wildman–Crippen LogP) is 3.90. The average Bonchev–Trinajstić information content (AvgIpc) is 3.46. The van der Waals surface area contributed by atoms with Crippen LogP contribution in [-0.4, -0.2) is 42.1 Å². The summed E-state index contributed by atoms with van der Waals surface area (Å²) in [6, 6.07) is 2.60. The minimum Gasteiger partial charge on any atom is -0.358 e. The van der Waals surface area contributed by atoms with E-state index in [4.69, 9.17) is 0 Å². The number of carbonyl (C=O) groups excluding carboxylic acids is 1. The van der Waals surface area contributed by atoms with Crippen molar-refractivity contribution < 1.29 is 4.79 Å². The lowest BCUT2D eigenvalue weighted by molar-refractivity contribution is -0.129. The summed E-state index contributed by atoms with van der Waals surface area (Å²) in [4.78, 5) is 16.8. The molecule has 2 unspecified atom stereocenters. The highest BCUT2D eigenvalue weighted by atomic mass is 16.2. The van der Waals surface area contributed by atoms with Gasteiger partial charge in [0.1, 0.15) is 17.7 Å². The minimum atomic E-state index is -0.303. The van der Waals surface area contributed by atoms with Gasteiger partial charge in [-0.15, -0.1) is 0 Å². The highest BCUT2D eigenvalue weighted by Crippen LogP contribution is 2.40. The average molecular weight is 446 g/mol. The minimum absolute atomic E-state index is 0.0170. The number of nitrogens with zero attached hydrogens (tertiary/aromatic N) is 3. The van der Waals surface area contributed by atoms with Crippen LogP contribution in [0.5, 0.6) is 0 Å².